The summed E-state index contributed by atoms with van der Waals surface area (Å²) in [6, 6.07) is 17.4. The molecule has 2 aliphatic rings. The summed E-state index contributed by atoms with van der Waals surface area (Å²) in [7, 11) is 1.58. The number of ether oxygens (including phenoxy) is 1. The molecule has 3 aromatic rings. The molecule has 10 heteroatoms. The number of methoxy groups -OCH3 is 1. The van der Waals surface area contributed by atoms with E-state index in [1.54, 1.807) is 12.0 Å². The molecule has 0 fully saturated rings. The summed E-state index contributed by atoms with van der Waals surface area (Å²) in [5, 5.41) is 20.3. The Labute approximate surface area is 235 Å². The number of hydrogen-bond acceptors (Lipinski definition) is 9. The number of allylic oxidation sites excluding steroid dienone is 3. The van der Waals surface area contributed by atoms with Crippen LogP contribution in [0.2, 0.25) is 5.02 Å². The van der Waals surface area contributed by atoms with Gasteiger partial charge in [0.1, 0.15) is 11.6 Å². The van der Waals surface area contributed by atoms with Crippen LogP contribution in [0, 0.1) is 16.7 Å². The number of para-hydroxylation sites is 1. The van der Waals surface area contributed by atoms with Crippen LogP contribution in [-0.2, 0) is 10.5 Å². The number of nitriles is 1. The molecule has 0 spiro atoms. The number of rotatable bonds is 6. The minimum Gasteiger partial charge on any atom is -0.496 e. The number of carbonyl (C=O) groups excluding carboxylic acids is 1. The number of benzene rings is 2. The zero-order valence-electron chi connectivity index (χ0n) is 21.2. The third-order valence-corrected chi connectivity index (χ3v) is 9.19. The van der Waals surface area contributed by atoms with Crippen LogP contribution in [0.15, 0.2) is 75.5 Å². The van der Waals surface area contributed by atoms with E-state index in [2.05, 4.69) is 30.1 Å². The van der Waals surface area contributed by atoms with Crippen molar-refractivity contribution in [2.75, 3.05) is 12.0 Å². The van der Waals surface area contributed by atoms with Crippen LogP contribution in [0.1, 0.15) is 43.7 Å². The molecular formula is C28H26ClN5O2S2. The molecule has 0 unspecified atom stereocenters. The predicted octanol–water partition coefficient (Wildman–Crippen LogP) is 6.43. The Morgan fingerprint density at radius 1 is 1.21 bits per heavy atom. The van der Waals surface area contributed by atoms with E-state index in [0.29, 0.717) is 45.6 Å². The lowest BCUT2D eigenvalue weighted by Crippen LogP contribution is -2.42. The zero-order chi connectivity index (χ0) is 27.0. The Kier molecular flexibility index (Phi) is 7.23. The molecule has 7 nitrogen and oxygen atoms in total. The molecule has 0 radical (unpaired) electrons. The lowest BCUT2D eigenvalue weighted by atomic mass is 9.68. The van der Waals surface area contributed by atoms with Gasteiger partial charge in [-0.25, -0.2) is 0 Å². The number of halogens is 1. The molecule has 1 aromatic heterocycles. The molecule has 2 N–H and O–H groups in total. The number of ketones is 1. The van der Waals surface area contributed by atoms with Gasteiger partial charge in [-0.15, -0.1) is 10.2 Å². The quantitative estimate of drug-likeness (QED) is 0.342. The summed E-state index contributed by atoms with van der Waals surface area (Å²) < 4.78 is 6.35. The summed E-state index contributed by atoms with van der Waals surface area (Å²) in [5.41, 5.74) is 9.82. The molecule has 2 aromatic carbocycles. The smallest absolute Gasteiger partial charge is 0.219 e. The topological polar surface area (TPSA) is 105 Å². The molecule has 1 atom stereocenters. The number of aromatic nitrogens is 2. The zero-order valence-corrected chi connectivity index (χ0v) is 23.6. The number of carbonyl (C=O) groups is 1. The maximum atomic E-state index is 13.7. The number of thioether (sulfide) groups is 1. The van der Waals surface area contributed by atoms with Crippen molar-refractivity contribution >= 4 is 45.6 Å². The summed E-state index contributed by atoms with van der Waals surface area (Å²) >= 11 is 9.21. The molecule has 1 aliphatic carbocycles. The van der Waals surface area contributed by atoms with E-state index < -0.39 is 5.92 Å². The first-order valence-electron chi connectivity index (χ1n) is 12.0. The number of nitrogens with zero attached hydrogens (tertiary/aromatic N) is 4. The summed E-state index contributed by atoms with van der Waals surface area (Å²) in [6.45, 7) is 4.13. The van der Waals surface area contributed by atoms with Gasteiger partial charge in [-0.2, -0.15) is 5.26 Å². The van der Waals surface area contributed by atoms with E-state index >= 15 is 0 Å². The van der Waals surface area contributed by atoms with Gasteiger partial charge in [0, 0.05) is 34.0 Å². The third kappa shape index (κ3) is 4.80. The van der Waals surface area contributed by atoms with Crippen molar-refractivity contribution in [3.8, 4) is 11.8 Å². The maximum absolute atomic E-state index is 13.7. The van der Waals surface area contributed by atoms with Crippen molar-refractivity contribution in [3.05, 3.63) is 87.3 Å². The molecule has 0 amide bonds. The molecule has 194 valence electrons. The SMILES string of the molecule is COc1ccccc1[C@H]1C(C#N)=C(N)N(c2nnc(SCc3ccccc3Cl)s2)C2=C1C(=O)CC(C)(C)C2. The first kappa shape index (κ1) is 26.3. The van der Waals surface area contributed by atoms with Crippen molar-refractivity contribution in [1.29, 1.82) is 5.26 Å². The number of Topliss-reactive ketones (excluding diaryl/α,β-unsaturated/α-hetero) is 1. The lowest BCUT2D eigenvalue weighted by Gasteiger charge is -2.42. The summed E-state index contributed by atoms with van der Waals surface area (Å²) in [4.78, 5) is 15.5. The van der Waals surface area contributed by atoms with Crippen LogP contribution in [0.25, 0.3) is 0 Å². The van der Waals surface area contributed by atoms with Crippen molar-refractivity contribution < 1.29 is 9.53 Å². The number of hydrogen-bond donors (Lipinski definition) is 1. The second-order valence-corrected chi connectivity index (χ2v) is 12.5. The molecule has 0 bridgehead atoms. The van der Waals surface area contributed by atoms with Gasteiger partial charge in [0.05, 0.1) is 24.7 Å². The number of nitrogens with two attached hydrogens (primary N) is 1. The van der Waals surface area contributed by atoms with Gasteiger partial charge in [-0.05, 0) is 29.5 Å². The second-order valence-electron chi connectivity index (χ2n) is 9.95. The highest BCUT2D eigenvalue weighted by Crippen LogP contribution is 2.52. The first-order chi connectivity index (χ1) is 18.2. The Hall–Kier alpha value is -3.32. The lowest BCUT2D eigenvalue weighted by molar-refractivity contribution is -0.118. The monoisotopic (exact) mass is 563 g/mol. The minimum atomic E-state index is -0.618. The van der Waals surface area contributed by atoms with Crippen LogP contribution in [0.3, 0.4) is 0 Å². The summed E-state index contributed by atoms with van der Waals surface area (Å²) in [6.07, 6.45) is 0.972. The van der Waals surface area contributed by atoms with E-state index in [1.807, 2.05) is 48.5 Å². The highest BCUT2D eigenvalue weighted by molar-refractivity contribution is 8.00. The second kappa shape index (κ2) is 10.4. The molecular weight excluding hydrogens is 538 g/mol. The van der Waals surface area contributed by atoms with E-state index in [-0.39, 0.29) is 17.0 Å². The molecule has 1 aliphatic heterocycles. The van der Waals surface area contributed by atoms with Crippen molar-refractivity contribution in [2.45, 2.75) is 42.7 Å². The van der Waals surface area contributed by atoms with Gasteiger partial charge >= 0.3 is 0 Å². The van der Waals surface area contributed by atoms with Gasteiger partial charge in [-0.1, -0.05) is 84.9 Å². The molecule has 38 heavy (non-hydrogen) atoms. The Morgan fingerprint density at radius 3 is 2.68 bits per heavy atom. The molecule has 0 saturated heterocycles. The van der Waals surface area contributed by atoms with Crippen LogP contribution >= 0.6 is 34.7 Å². The minimum absolute atomic E-state index is 0.00441. The van der Waals surface area contributed by atoms with Crippen molar-refractivity contribution in [3.63, 3.8) is 0 Å². The van der Waals surface area contributed by atoms with Crippen LogP contribution < -0.4 is 15.4 Å². The standard InChI is InChI=1S/C28H26ClN5O2S2/c1-28(2)12-20-24(21(35)13-28)23(17-9-5-7-11-22(17)36-3)18(14-30)25(31)34(20)26-32-33-27(38-26)37-15-16-8-4-6-10-19(16)29/h4-11,23H,12-13,15,31H2,1-3H3/t23-/m0/s1. The van der Waals surface area contributed by atoms with Gasteiger partial charge in [0.25, 0.3) is 0 Å². The van der Waals surface area contributed by atoms with Gasteiger partial charge in [0.2, 0.25) is 5.13 Å². The highest BCUT2D eigenvalue weighted by Gasteiger charge is 2.46. The predicted molar refractivity (Wildman–Crippen MR) is 151 cm³/mol. The normalized spacial score (nSPS) is 18.9. The van der Waals surface area contributed by atoms with Crippen molar-refractivity contribution in [2.24, 2.45) is 11.1 Å². The average Bonchev–Trinajstić information content (AvgIpc) is 3.35. The molecule has 2 heterocycles. The Morgan fingerprint density at radius 2 is 1.95 bits per heavy atom. The Balaban J connectivity index is 1.59. The fourth-order valence-electron chi connectivity index (χ4n) is 5.05. The molecule has 5 rings (SSSR count). The van der Waals surface area contributed by atoms with Crippen LogP contribution in [-0.4, -0.2) is 23.1 Å². The van der Waals surface area contributed by atoms with Crippen LogP contribution in [0.5, 0.6) is 5.75 Å². The van der Waals surface area contributed by atoms with Crippen molar-refractivity contribution in [1.82, 2.24) is 10.2 Å². The van der Waals surface area contributed by atoms with Crippen LogP contribution in [0.4, 0.5) is 5.13 Å². The highest BCUT2D eigenvalue weighted by atomic mass is 35.5. The number of anilines is 1. The van der Waals surface area contributed by atoms with Gasteiger partial charge in [0.15, 0.2) is 10.1 Å². The average molecular weight is 564 g/mol. The fourth-order valence-corrected chi connectivity index (χ4v) is 7.22. The maximum Gasteiger partial charge on any atom is 0.219 e. The largest absolute Gasteiger partial charge is 0.496 e. The third-order valence-electron chi connectivity index (χ3n) is 6.73. The molecule has 0 saturated carbocycles. The van der Waals surface area contributed by atoms with E-state index in [4.69, 9.17) is 22.1 Å². The van der Waals surface area contributed by atoms with E-state index in [1.165, 1.54) is 23.1 Å². The Bertz CT molecular complexity index is 1520. The van der Waals surface area contributed by atoms with E-state index in [0.717, 1.165) is 21.2 Å². The van der Waals surface area contributed by atoms with Gasteiger partial charge < -0.3 is 10.5 Å². The first-order valence-corrected chi connectivity index (χ1v) is 14.2. The van der Waals surface area contributed by atoms with E-state index in [9.17, 15) is 10.1 Å². The fraction of sp³-hybridized carbons (Fsp3) is 0.286. The van der Waals surface area contributed by atoms with Gasteiger partial charge in [-0.3, -0.25) is 9.69 Å². The summed E-state index contributed by atoms with van der Waals surface area (Å²) in [5.74, 6) is 0.873.